The van der Waals surface area contributed by atoms with Gasteiger partial charge in [0, 0.05) is 11.4 Å². The molecule has 0 unspecified atom stereocenters. The summed E-state index contributed by atoms with van der Waals surface area (Å²) in [6.07, 6.45) is 0. The molecular weight excluding hydrogens is 344 g/mol. The standard InChI is InChI=1S/C17H10N2O5S/c20-12-7-14(23-13-4-2-1-3-11(12)13)17(21)22-8-15-18-16(24-19-15)10-5-6-25-9-10/h1-7,9H,8H2. The first kappa shape index (κ1) is 15.3. The molecule has 25 heavy (non-hydrogen) atoms. The number of hydrogen-bond donors (Lipinski definition) is 0. The Morgan fingerprint density at radius 3 is 2.96 bits per heavy atom. The number of nitrogens with zero attached hydrogens (tertiary/aromatic N) is 2. The fraction of sp³-hybridized carbons (Fsp3) is 0.0588. The lowest BCUT2D eigenvalue weighted by atomic mass is 10.2. The molecule has 3 heterocycles. The van der Waals surface area contributed by atoms with Gasteiger partial charge in [-0.25, -0.2) is 4.79 Å². The molecule has 4 rings (SSSR count). The maximum absolute atomic E-state index is 12.1. The predicted octanol–water partition coefficient (Wildman–Crippen LogP) is 3.26. The van der Waals surface area contributed by atoms with Gasteiger partial charge in [-0.1, -0.05) is 17.3 Å². The molecule has 1 aromatic carbocycles. The van der Waals surface area contributed by atoms with Gasteiger partial charge in [0.25, 0.3) is 5.89 Å². The molecule has 4 aromatic rings. The van der Waals surface area contributed by atoms with Crippen molar-refractivity contribution in [3.8, 4) is 11.5 Å². The van der Waals surface area contributed by atoms with Crippen molar-refractivity contribution < 1.29 is 18.5 Å². The second-order valence-corrected chi connectivity index (χ2v) is 5.86. The van der Waals surface area contributed by atoms with Crippen LogP contribution in [-0.2, 0) is 11.3 Å². The van der Waals surface area contributed by atoms with Gasteiger partial charge < -0.3 is 13.7 Å². The number of aromatic nitrogens is 2. The van der Waals surface area contributed by atoms with Gasteiger partial charge >= 0.3 is 5.97 Å². The third kappa shape index (κ3) is 3.07. The Balaban J connectivity index is 1.50. The van der Waals surface area contributed by atoms with Gasteiger partial charge in [0.15, 0.2) is 12.0 Å². The summed E-state index contributed by atoms with van der Waals surface area (Å²) in [6, 6.07) is 9.63. The Labute approximate surface area is 144 Å². The van der Waals surface area contributed by atoms with Gasteiger partial charge in [-0.2, -0.15) is 16.3 Å². The number of carbonyl (C=O) groups excluding carboxylic acids is 1. The largest absolute Gasteiger partial charge is 0.451 e. The number of fused-ring (bicyclic) bond motifs is 1. The lowest BCUT2D eigenvalue weighted by Gasteiger charge is -2.02. The van der Waals surface area contributed by atoms with Crippen LogP contribution in [0.2, 0.25) is 0 Å². The number of hydrogen-bond acceptors (Lipinski definition) is 8. The average Bonchev–Trinajstić information content (AvgIpc) is 3.31. The van der Waals surface area contributed by atoms with Crippen molar-refractivity contribution in [1.29, 1.82) is 0 Å². The quantitative estimate of drug-likeness (QED) is 0.519. The highest BCUT2D eigenvalue weighted by Crippen LogP contribution is 2.20. The monoisotopic (exact) mass is 354 g/mol. The van der Waals surface area contributed by atoms with Gasteiger partial charge in [-0.15, -0.1) is 0 Å². The van der Waals surface area contributed by atoms with Crippen LogP contribution >= 0.6 is 11.3 Å². The lowest BCUT2D eigenvalue weighted by Crippen LogP contribution is -2.10. The molecule has 0 saturated carbocycles. The number of esters is 1. The van der Waals surface area contributed by atoms with Gasteiger partial charge in [-0.3, -0.25) is 4.79 Å². The van der Waals surface area contributed by atoms with Crippen molar-refractivity contribution in [3.05, 3.63) is 69.0 Å². The molecule has 0 bridgehead atoms. The Kier molecular flexibility index (Phi) is 3.87. The molecule has 0 spiro atoms. The highest BCUT2D eigenvalue weighted by molar-refractivity contribution is 7.08. The number of benzene rings is 1. The van der Waals surface area contributed by atoms with Crippen molar-refractivity contribution in [1.82, 2.24) is 10.1 Å². The minimum Gasteiger partial charge on any atom is -0.451 e. The van der Waals surface area contributed by atoms with E-state index in [1.807, 2.05) is 16.8 Å². The van der Waals surface area contributed by atoms with Crippen molar-refractivity contribution in [3.63, 3.8) is 0 Å². The van der Waals surface area contributed by atoms with Crippen molar-refractivity contribution in [2.45, 2.75) is 6.61 Å². The van der Waals surface area contributed by atoms with Crippen LogP contribution in [0.25, 0.3) is 22.4 Å². The Hall–Kier alpha value is -3.26. The van der Waals surface area contributed by atoms with Crippen LogP contribution in [-0.4, -0.2) is 16.1 Å². The Morgan fingerprint density at radius 2 is 2.12 bits per heavy atom. The van der Waals surface area contributed by atoms with Gasteiger partial charge in [0.2, 0.25) is 11.6 Å². The van der Waals surface area contributed by atoms with Crippen LogP contribution in [0.3, 0.4) is 0 Å². The Bertz CT molecular complexity index is 1100. The lowest BCUT2D eigenvalue weighted by molar-refractivity contribution is 0.0423. The number of thiophene rings is 1. The first-order chi connectivity index (χ1) is 12.2. The molecule has 124 valence electrons. The first-order valence-corrected chi connectivity index (χ1v) is 8.20. The highest BCUT2D eigenvalue weighted by Gasteiger charge is 2.16. The maximum atomic E-state index is 12.1. The zero-order valence-corrected chi connectivity index (χ0v) is 13.5. The highest BCUT2D eigenvalue weighted by atomic mass is 32.1. The summed E-state index contributed by atoms with van der Waals surface area (Å²) in [5, 5.41) is 7.91. The topological polar surface area (TPSA) is 95.4 Å². The van der Waals surface area contributed by atoms with E-state index < -0.39 is 5.97 Å². The third-order valence-corrected chi connectivity index (χ3v) is 4.09. The molecule has 7 nitrogen and oxygen atoms in total. The molecule has 0 aliphatic heterocycles. The second kappa shape index (κ2) is 6.33. The summed E-state index contributed by atoms with van der Waals surface area (Å²) in [5.74, 6) is -0.378. The molecular formula is C17H10N2O5S. The number of rotatable bonds is 4. The first-order valence-electron chi connectivity index (χ1n) is 7.26. The molecule has 0 saturated heterocycles. The molecule has 3 aromatic heterocycles. The van der Waals surface area contributed by atoms with E-state index in [0.29, 0.717) is 16.9 Å². The molecule has 0 atom stereocenters. The smallest absolute Gasteiger partial charge is 0.374 e. The van der Waals surface area contributed by atoms with E-state index in [1.54, 1.807) is 24.3 Å². The fourth-order valence-electron chi connectivity index (χ4n) is 2.22. The van der Waals surface area contributed by atoms with Crippen LogP contribution in [0.4, 0.5) is 0 Å². The van der Waals surface area contributed by atoms with Crippen LogP contribution in [0.1, 0.15) is 16.4 Å². The van der Waals surface area contributed by atoms with Gasteiger partial charge in [0.05, 0.1) is 10.9 Å². The molecule has 8 heteroatoms. The molecule has 0 radical (unpaired) electrons. The van der Waals surface area contributed by atoms with E-state index in [0.717, 1.165) is 11.6 Å². The van der Waals surface area contributed by atoms with E-state index in [-0.39, 0.29) is 23.6 Å². The van der Waals surface area contributed by atoms with Gasteiger partial charge in [0.1, 0.15) is 5.58 Å². The van der Waals surface area contributed by atoms with Crippen LogP contribution in [0.15, 0.2) is 60.9 Å². The molecule has 0 aliphatic carbocycles. The van der Waals surface area contributed by atoms with Crippen LogP contribution in [0, 0.1) is 0 Å². The van der Waals surface area contributed by atoms with Crippen LogP contribution < -0.4 is 5.43 Å². The van der Waals surface area contributed by atoms with E-state index >= 15 is 0 Å². The number of ether oxygens (including phenoxy) is 1. The fourth-order valence-corrected chi connectivity index (χ4v) is 2.85. The summed E-state index contributed by atoms with van der Waals surface area (Å²) in [6.45, 7) is -0.191. The minimum absolute atomic E-state index is 0.176. The zero-order chi connectivity index (χ0) is 17.2. The van der Waals surface area contributed by atoms with E-state index in [1.165, 1.54) is 11.3 Å². The summed E-state index contributed by atoms with van der Waals surface area (Å²) in [7, 11) is 0. The molecule has 0 fully saturated rings. The van der Waals surface area contributed by atoms with Crippen molar-refractivity contribution >= 4 is 28.3 Å². The Morgan fingerprint density at radius 1 is 1.24 bits per heavy atom. The second-order valence-electron chi connectivity index (χ2n) is 5.07. The van der Waals surface area contributed by atoms with Crippen molar-refractivity contribution in [2.75, 3.05) is 0 Å². The zero-order valence-electron chi connectivity index (χ0n) is 12.7. The molecule has 0 amide bonds. The SMILES string of the molecule is O=C(OCc1noc(-c2ccsc2)n1)c1cc(=O)c2ccccc2o1. The normalized spacial score (nSPS) is 10.9. The summed E-state index contributed by atoms with van der Waals surface area (Å²) >= 11 is 1.51. The van der Waals surface area contributed by atoms with E-state index in [9.17, 15) is 9.59 Å². The van der Waals surface area contributed by atoms with Crippen molar-refractivity contribution in [2.24, 2.45) is 0 Å². The number of para-hydroxylation sites is 1. The minimum atomic E-state index is -0.773. The summed E-state index contributed by atoms with van der Waals surface area (Å²) in [4.78, 5) is 28.3. The molecule has 0 N–H and O–H groups in total. The van der Waals surface area contributed by atoms with E-state index in [2.05, 4.69) is 10.1 Å². The van der Waals surface area contributed by atoms with E-state index in [4.69, 9.17) is 13.7 Å². The average molecular weight is 354 g/mol. The van der Waals surface area contributed by atoms with Crippen LogP contribution in [0.5, 0.6) is 0 Å². The number of carbonyl (C=O) groups is 1. The third-order valence-electron chi connectivity index (χ3n) is 3.40. The summed E-state index contributed by atoms with van der Waals surface area (Å²) < 4.78 is 15.6. The summed E-state index contributed by atoms with van der Waals surface area (Å²) in [5.41, 5.74) is 0.810. The maximum Gasteiger partial charge on any atom is 0.374 e. The predicted molar refractivity (Wildman–Crippen MR) is 89.2 cm³/mol. The molecule has 0 aliphatic rings. The van der Waals surface area contributed by atoms with Gasteiger partial charge in [-0.05, 0) is 23.6 Å².